The van der Waals surface area contributed by atoms with Crippen LogP contribution in [0.5, 0.6) is 11.5 Å². The molecule has 6 nitrogen and oxygen atoms in total. The van der Waals surface area contributed by atoms with Gasteiger partial charge in [0, 0.05) is 6.54 Å². The van der Waals surface area contributed by atoms with Crippen LogP contribution in [0.25, 0.3) is 5.57 Å². The van der Waals surface area contributed by atoms with Crippen LogP contribution in [0.1, 0.15) is 16.7 Å². The Bertz CT molecular complexity index is 1200. The summed E-state index contributed by atoms with van der Waals surface area (Å²) in [5.74, 6) is 0.689. The van der Waals surface area contributed by atoms with E-state index in [4.69, 9.17) is 9.47 Å². The number of rotatable bonds is 8. The lowest BCUT2D eigenvalue weighted by atomic mass is 10.0. The van der Waals surface area contributed by atoms with Gasteiger partial charge >= 0.3 is 0 Å². The molecule has 0 spiro atoms. The third kappa shape index (κ3) is 4.60. The number of aryl methyl sites for hydroxylation is 1. The van der Waals surface area contributed by atoms with E-state index in [0.717, 1.165) is 16.9 Å². The number of anilines is 1. The predicted molar refractivity (Wildman–Crippen MR) is 128 cm³/mol. The summed E-state index contributed by atoms with van der Waals surface area (Å²) in [6.07, 6.45) is 0.546. The van der Waals surface area contributed by atoms with Crippen LogP contribution in [-0.4, -0.2) is 37.5 Å². The Labute approximate surface area is 193 Å². The fourth-order valence-corrected chi connectivity index (χ4v) is 3.80. The van der Waals surface area contributed by atoms with Crippen LogP contribution >= 0.6 is 0 Å². The first-order valence-electron chi connectivity index (χ1n) is 10.7. The molecular weight excluding hydrogens is 416 g/mol. The number of nitrogens with one attached hydrogen (secondary N) is 1. The van der Waals surface area contributed by atoms with Crippen LogP contribution in [0.2, 0.25) is 0 Å². The molecule has 4 rings (SSSR count). The first-order chi connectivity index (χ1) is 16.0. The fraction of sp³-hybridized carbons (Fsp3) is 0.185. The zero-order valence-electron chi connectivity index (χ0n) is 18.9. The topological polar surface area (TPSA) is 67.9 Å². The number of hydrogen-bond acceptors (Lipinski definition) is 5. The van der Waals surface area contributed by atoms with Crippen molar-refractivity contribution in [1.82, 2.24) is 4.90 Å². The van der Waals surface area contributed by atoms with Crippen LogP contribution in [0.4, 0.5) is 5.69 Å². The monoisotopic (exact) mass is 442 g/mol. The second-order valence-electron chi connectivity index (χ2n) is 7.80. The average molecular weight is 443 g/mol. The van der Waals surface area contributed by atoms with Gasteiger partial charge in [-0.1, -0.05) is 54.1 Å². The summed E-state index contributed by atoms with van der Waals surface area (Å²) in [7, 11) is 3.18. The third-order valence-corrected chi connectivity index (χ3v) is 5.66. The smallest absolute Gasteiger partial charge is 0.278 e. The number of para-hydroxylation sites is 2. The maximum atomic E-state index is 13.4. The summed E-state index contributed by atoms with van der Waals surface area (Å²) in [4.78, 5) is 28.2. The number of ether oxygens (including phenoxy) is 2. The van der Waals surface area contributed by atoms with Crippen LogP contribution in [0.15, 0.2) is 78.5 Å². The molecule has 0 atom stereocenters. The van der Waals surface area contributed by atoms with E-state index in [-0.39, 0.29) is 24.1 Å². The molecule has 0 saturated carbocycles. The number of nitrogens with zero attached hydrogens (tertiary/aromatic N) is 1. The number of hydrogen-bond donors (Lipinski definition) is 1. The molecule has 0 unspecified atom stereocenters. The van der Waals surface area contributed by atoms with E-state index >= 15 is 0 Å². The zero-order valence-corrected chi connectivity index (χ0v) is 18.9. The van der Waals surface area contributed by atoms with E-state index in [1.807, 2.05) is 73.7 Å². The molecule has 0 radical (unpaired) electrons. The molecule has 33 heavy (non-hydrogen) atoms. The van der Waals surface area contributed by atoms with E-state index in [2.05, 4.69) is 5.32 Å². The van der Waals surface area contributed by atoms with Crippen molar-refractivity contribution in [3.63, 3.8) is 0 Å². The van der Waals surface area contributed by atoms with Crippen molar-refractivity contribution in [2.75, 3.05) is 26.1 Å². The minimum absolute atomic E-state index is 0.253. The average Bonchev–Trinajstić information content (AvgIpc) is 3.07. The van der Waals surface area contributed by atoms with E-state index in [1.165, 1.54) is 4.90 Å². The molecule has 1 N–H and O–H groups in total. The molecule has 3 aromatic carbocycles. The Kier molecular flexibility index (Phi) is 6.45. The molecule has 1 aliphatic heterocycles. The summed E-state index contributed by atoms with van der Waals surface area (Å²) in [5, 5.41) is 3.17. The summed E-state index contributed by atoms with van der Waals surface area (Å²) in [6.45, 7) is 2.26. The Morgan fingerprint density at radius 3 is 2.18 bits per heavy atom. The molecule has 6 heteroatoms. The van der Waals surface area contributed by atoms with Gasteiger partial charge in [-0.3, -0.25) is 14.5 Å². The van der Waals surface area contributed by atoms with Gasteiger partial charge in [0.15, 0.2) is 0 Å². The highest BCUT2D eigenvalue weighted by Gasteiger charge is 2.39. The minimum Gasteiger partial charge on any atom is -0.497 e. The summed E-state index contributed by atoms with van der Waals surface area (Å²) in [5.41, 5.74) is 4.02. The van der Waals surface area contributed by atoms with Gasteiger partial charge in [0.25, 0.3) is 11.8 Å². The lowest BCUT2D eigenvalue weighted by Gasteiger charge is -2.16. The Morgan fingerprint density at radius 2 is 1.52 bits per heavy atom. The van der Waals surface area contributed by atoms with Gasteiger partial charge in [0.2, 0.25) is 0 Å². The Morgan fingerprint density at radius 1 is 0.818 bits per heavy atom. The van der Waals surface area contributed by atoms with Gasteiger partial charge < -0.3 is 14.8 Å². The van der Waals surface area contributed by atoms with Gasteiger partial charge in [0.05, 0.1) is 25.5 Å². The number of amides is 2. The second-order valence-corrected chi connectivity index (χ2v) is 7.80. The number of benzene rings is 3. The molecule has 0 aromatic heterocycles. The lowest BCUT2D eigenvalue weighted by molar-refractivity contribution is -0.136. The van der Waals surface area contributed by atoms with E-state index in [1.54, 1.807) is 20.3 Å². The Balaban J connectivity index is 1.65. The van der Waals surface area contributed by atoms with Gasteiger partial charge in [-0.15, -0.1) is 0 Å². The zero-order chi connectivity index (χ0) is 23.4. The van der Waals surface area contributed by atoms with Gasteiger partial charge in [-0.25, -0.2) is 0 Å². The maximum Gasteiger partial charge on any atom is 0.278 e. The van der Waals surface area contributed by atoms with Crippen molar-refractivity contribution in [3.8, 4) is 11.5 Å². The molecule has 0 aliphatic carbocycles. The van der Waals surface area contributed by atoms with Gasteiger partial charge in [-0.2, -0.15) is 0 Å². The van der Waals surface area contributed by atoms with Crippen molar-refractivity contribution >= 4 is 23.1 Å². The van der Waals surface area contributed by atoms with E-state index in [9.17, 15) is 9.59 Å². The van der Waals surface area contributed by atoms with Crippen LogP contribution in [-0.2, 0) is 16.0 Å². The minimum atomic E-state index is -0.352. The van der Waals surface area contributed by atoms with Gasteiger partial charge in [-0.05, 0) is 48.7 Å². The van der Waals surface area contributed by atoms with E-state index in [0.29, 0.717) is 29.0 Å². The highest BCUT2D eigenvalue weighted by molar-refractivity contribution is 6.36. The van der Waals surface area contributed by atoms with Crippen LogP contribution in [0, 0.1) is 6.92 Å². The molecule has 0 fully saturated rings. The summed E-state index contributed by atoms with van der Waals surface area (Å²) in [6, 6.07) is 22.5. The lowest BCUT2D eigenvalue weighted by Crippen LogP contribution is -2.34. The van der Waals surface area contributed by atoms with Crippen molar-refractivity contribution in [3.05, 3.63) is 95.2 Å². The predicted octanol–water partition coefficient (Wildman–Crippen LogP) is 4.45. The first kappa shape index (κ1) is 22.1. The molecule has 168 valence electrons. The number of methoxy groups -OCH3 is 2. The standard InChI is InChI=1S/C27H26N2O4/c1-18-8-12-20(13-9-18)24-25(28-22-6-4-5-7-23(22)33-3)27(31)29(26(24)30)17-16-19-10-14-21(32-2)15-11-19/h4-15,28H,16-17H2,1-3H3. The number of carbonyl (C=O) groups excluding carboxylic acids is 2. The third-order valence-electron chi connectivity index (χ3n) is 5.66. The Hall–Kier alpha value is -4.06. The molecular formula is C27H26N2O4. The molecule has 1 heterocycles. The molecule has 2 amide bonds. The maximum absolute atomic E-state index is 13.4. The summed E-state index contributed by atoms with van der Waals surface area (Å²) < 4.78 is 10.6. The highest BCUT2D eigenvalue weighted by atomic mass is 16.5. The van der Waals surface area contributed by atoms with Crippen molar-refractivity contribution in [2.45, 2.75) is 13.3 Å². The highest BCUT2D eigenvalue weighted by Crippen LogP contribution is 2.33. The first-order valence-corrected chi connectivity index (χ1v) is 10.7. The van der Waals surface area contributed by atoms with Crippen LogP contribution < -0.4 is 14.8 Å². The fourth-order valence-electron chi connectivity index (χ4n) is 3.80. The van der Waals surface area contributed by atoms with E-state index < -0.39 is 0 Å². The molecule has 0 saturated heterocycles. The van der Waals surface area contributed by atoms with Crippen molar-refractivity contribution in [2.24, 2.45) is 0 Å². The normalized spacial score (nSPS) is 13.5. The SMILES string of the molecule is COc1ccc(CCN2C(=O)C(Nc3ccccc3OC)=C(c3ccc(C)cc3)C2=O)cc1. The quantitative estimate of drug-likeness (QED) is 0.522. The largest absolute Gasteiger partial charge is 0.497 e. The molecule has 1 aliphatic rings. The summed E-state index contributed by atoms with van der Waals surface area (Å²) >= 11 is 0. The molecule has 3 aromatic rings. The molecule has 0 bridgehead atoms. The number of imide groups is 1. The van der Waals surface area contributed by atoms with Gasteiger partial charge in [0.1, 0.15) is 17.2 Å². The second kappa shape index (κ2) is 9.61. The van der Waals surface area contributed by atoms with Crippen molar-refractivity contribution < 1.29 is 19.1 Å². The van der Waals surface area contributed by atoms with Crippen molar-refractivity contribution in [1.29, 1.82) is 0 Å². The van der Waals surface area contributed by atoms with Crippen LogP contribution in [0.3, 0.4) is 0 Å². The number of carbonyl (C=O) groups is 2.